The normalized spacial score (nSPS) is 23.3. The molecule has 3 atom stereocenters. The molecule has 0 unspecified atom stereocenters. The van der Waals surface area contributed by atoms with Crippen LogP contribution in [0.2, 0.25) is 0 Å². The van der Waals surface area contributed by atoms with Crippen LogP contribution in [0, 0.1) is 5.92 Å². The highest BCUT2D eigenvalue weighted by atomic mass is 19.3. The summed E-state index contributed by atoms with van der Waals surface area (Å²) in [6, 6.07) is 7.27. The number of hydrogen-bond donors (Lipinski definition) is 0. The SMILES string of the molecule is C=C([C@H]1CC[C@H]2CC[C@@H]1N2C(=O)c1nc2ccccc2o1)n1ncnc1N=C(C)C(F)F. The van der Waals surface area contributed by atoms with Crippen LogP contribution in [0.1, 0.15) is 43.3 Å². The van der Waals surface area contributed by atoms with Gasteiger partial charge in [0.05, 0.1) is 5.71 Å². The number of piperidine rings is 1. The minimum Gasteiger partial charge on any atom is -0.432 e. The molecular weight excluding hydrogens is 418 g/mol. The van der Waals surface area contributed by atoms with Crippen LogP contribution in [0.4, 0.5) is 14.7 Å². The summed E-state index contributed by atoms with van der Waals surface area (Å²) in [4.78, 5) is 27.5. The fourth-order valence-electron chi connectivity index (χ4n) is 4.81. The van der Waals surface area contributed by atoms with Gasteiger partial charge in [-0.05, 0) is 44.7 Å². The first kappa shape index (κ1) is 20.5. The molecule has 2 aliphatic rings. The van der Waals surface area contributed by atoms with Gasteiger partial charge in [0.2, 0.25) is 0 Å². The molecule has 2 bridgehead atoms. The molecule has 2 saturated heterocycles. The molecular formula is C22H22F2N6O2. The van der Waals surface area contributed by atoms with Crippen LogP contribution in [0.5, 0.6) is 0 Å². The van der Waals surface area contributed by atoms with Gasteiger partial charge in [-0.15, -0.1) is 0 Å². The van der Waals surface area contributed by atoms with Crippen LogP contribution in [0.25, 0.3) is 16.8 Å². The van der Waals surface area contributed by atoms with Crippen molar-refractivity contribution < 1.29 is 18.0 Å². The Morgan fingerprint density at radius 2 is 2.03 bits per heavy atom. The summed E-state index contributed by atoms with van der Waals surface area (Å²) in [5.41, 5.74) is 1.45. The molecule has 166 valence electrons. The average Bonchev–Trinajstić information content (AvgIpc) is 3.49. The zero-order chi connectivity index (χ0) is 22.4. The minimum atomic E-state index is -2.68. The maximum atomic E-state index is 13.4. The molecule has 3 aromatic rings. The van der Waals surface area contributed by atoms with Gasteiger partial charge in [0.15, 0.2) is 5.58 Å². The molecule has 8 nitrogen and oxygen atoms in total. The number of aromatic nitrogens is 4. The van der Waals surface area contributed by atoms with Gasteiger partial charge >= 0.3 is 5.91 Å². The number of rotatable bonds is 5. The Balaban J connectivity index is 1.43. The molecule has 4 heterocycles. The molecule has 2 aliphatic heterocycles. The topological polar surface area (TPSA) is 89.4 Å². The number of oxazole rings is 1. The van der Waals surface area contributed by atoms with Crippen LogP contribution in [-0.4, -0.2) is 54.8 Å². The van der Waals surface area contributed by atoms with Crippen molar-refractivity contribution in [2.75, 3.05) is 0 Å². The zero-order valence-corrected chi connectivity index (χ0v) is 17.5. The second kappa shape index (κ2) is 7.92. The summed E-state index contributed by atoms with van der Waals surface area (Å²) in [5, 5.41) is 4.16. The first-order chi connectivity index (χ1) is 15.4. The third-order valence-corrected chi connectivity index (χ3v) is 6.36. The summed E-state index contributed by atoms with van der Waals surface area (Å²) in [7, 11) is 0. The van der Waals surface area contributed by atoms with Gasteiger partial charge in [-0.3, -0.25) is 4.79 Å². The maximum Gasteiger partial charge on any atom is 0.310 e. The summed E-state index contributed by atoms with van der Waals surface area (Å²) in [5.74, 6) is -0.209. The number of para-hydroxylation sites is 2. The van der Waals surface area contributed by atoms with E-state index in [9.17, 15) is 13.6 Å². The highest BCUT2D eigenvalue weighted by Gasteiger charge is 2.47. The smallest absolute Gasteiger partial charge is 0.310 e. The minimum absolute atomic E-state index is 0.0600. The molecule has 5 rings (SSSR count). The van der Waals surface area contributed by atoms with Gasteiger partial charge in [0, 0.05) is 23.7 Å². The quantitative estimate of drug-likeness (QED) is 0.551. The highest BCUT2D eigenvalue weighted by molar-refractivity contribution is 5.93. The van der Waals surface area contributed by atoms with E-state index in [0.29, 0.717) is 16.8 Å². The summed E-state index contributed by atoms with van der Waals surface area (Å²) in [6.45, 7) is 5.42. The molecule has 2 aromatic heterocycles. The number of nitrogens with zero attached hydrogens (tertiary/aromatic N) is 6. The van der Waals surface area contributed by atoms with E-state index >= 15 is 0 Å². The summed E-state index contributed by atoms with van der Waals surface area (Å²) < 4.78 is 33.0. The summed E-state index contributed by atoms with van der Waals surface area (Å²) in [6.07, 6.45) is 1.89. The van der Waals surface area contributed by atoms with Crippen molar-refractivity contribution in [1.29, 1.82) is 0 Å². The summed E-state index contributed by atoms with van der Waals surface area (Å²) >= 11 is 0. The van der Waals surface area contributed by atoms with Crippen molar-refractivity contribution in [3.8, 4) is 0 Å². The second-order valence-corrected chi connectivity index (χ2v) is 8.20. The lowest BCUT2D eigenvalue weighted by Gasteiger charge is -2.40. The van der Waals surface area contributed by atoms with Gasteiger partial charge in [-0.25, -0.2) is 23.4 Å². The third kappa shape index (κ3) is 3.39. The molecule has 1 aromatic carbocycles. The molecule has 10 heteroatoms. The van der Waals surface area contributed by atoms with Gasteiger partial charge in [0.25, 0.3) is 18.3 Å². The van der Waals surface area contributed by atoms with Crippen LogP contribution in [0.15, 0.2) is 46.6 Å². The van der Waals surface area contributed by atoms with E-state index < -0.39 is 6.43 Å². The Morgan fingerprint density at radius 1 is 1.25 bits per heavy atom. The molecule has 32 heavy (non-hydrogen) atoms. The van der Waals surface area contributed by atoms with Crippen LogP contribution in [0.3, 0.4) is 0 Å². The van der Waals surface area contributed by atoms with Crippen molar-refractivity contribution in [1.82, 2.24) is 24.6 Å². The second-order valence-electron chi connectivity index (χ2n) is 8.20. The van der Waals surface area contributed by atoms with Crippen LogP contribution in [-0.2, 0) is 0 Å². The van der Waals surface area contributed by atoms with E-state index in [1.54, 1.807) is 12.1 Å². The fourth-order valence-corrected chi connectivity index (χ4v) is 4.81. The monoisotopic (exact) mass is 440 g/mol. The van der Waals surface area contributed by atoms with Crippen molar-refractivity contribution >= 4 is 34.4 Å². The van der Waals surface area contributed by atoms with E-state index in [2.05, 4.69) is 26.6 Å². The number of carbonyl (C=O) groups excluding carboxylic acids is 1. The lowest BCUT2D eigenvalue weighted by Crippen LogP contribution is -2.48. The average molecular weight is 440 g/mol. The zero-order valence-electron chi connectivity index (χ0n) is 17.5. The van der Waals surface area contributed by atoms with Gasteiger partial charge < -0.3 is 9.32 Å². The number of hydrogen-bond acceptors (Lipinski definition) is 6. The predicted molar refractivity (Wildman–Crippen MR) is 114 cm³/mol. The van der Waals surface area contributed by atoms with Crippen LogP contribution >= 0.6 is 0 Å². The molecule has 0 radical (unpaired) electrons. The number of aliphatic imine (C=N–C) groups is 1. The van der Waals surface area contributed by atoms with Gasteiger partial charge in [0.1, 0.15) is 11.8 Å². The van der Waals surface area contributed by atoms with Crippen molar-refractivity contribution in [3.63, 3.8) is 0 Å². The lowest BCUT2D eigenvalue weighted by atomic mass is 9.87. The first-order valence-electron chi connectivity index (χ1n) is 10.5. The molecule has 0 spiro atoms. The van der Waals surface area contributed by atoms with Crippen molar-refractivity contribution in [2.45, 2.75) is 51.1 Å². The number of carbonyl (C=O) groups is 1. The van der Waals surface area contributed by atoms with E-state index in [1.807, 2.05) is 17.0 Å². The number of amides is 1. The Bertz CT molecular complexity index is 1180. The van der Waals surface area contributed by atoms with E-state index in [0.717, 1.165) is 25.7 Å². The molecule has 0 aliphatic carbocycles. The molecule has 2 fully saturated rings. The molecule has 0 saturated carbocycles. The number of fused-ring (bicyclic) bond motifs is 3. The van der Waals surface area contributed by atoms with Gasteiger partial charge in [-0.2, -0.15) is 10.1 Å². The Hall–Kier alpha value is -3.43. The number of alkyl halides is 2. The largest absolute Gasteiger partial charge is 0.432 e. The molecule has 0 N–H and O–H groups in total. The standard InChI is InChI=1S/C22H22F2N6O2/c1-12(19(23)24)27-22-25-11-26-30(22)13(2)15-9-7-14-8-10-17(15)29(14)21(31)20-28-16-5-3-4-6-18(16)32-20/h3-6,11,14-15,17,19H,2,7-10H2,1H3/t14-,15+,17-/m0/s1. The lowest BCUT2D eigenvalue weighted by molar-refractivity contribution is 0.0500. The third-order valence-electron chi connectivity index (χ3n) is 6.36. The Labute approximate surface area is 182 Å². The van der Waals surface area contributed by atoms with Crippen molar-refractivity contribution in [3.05, 3.63) is 43.1 Å². The highest BCUT2D eigenvalue weighted by Crippen LogP contribution is 2.44. The number of benzene rings is 1. The Morgan fingerprint density at radius 3 is 2.81 bits per heavy atom. The van der Waals surface area contributed by atoms with Crippen molar-refractivity contribution in [2.24, 2.45) is 10.9 Å². The Kier molecular flexibility index (Phi) is 5.07. The number of halogens is 2. The van der Waals surface area contributed by atoms with Gasteiger partial charge in [-0.1, -0.05) is 18.7 Å². The predicted octanol–water partition coefficient (Wildman–Crippen LogP) is 4.33. The fraction of sp³-hybridized carbons (Fsp3) is 0.409. The van der Waals surface area contributed by atoms with E-state index in [4.69, 9.17) is 4.42 Å². The molecule has 1 amide bonds. The van der Waals surface area contributed by atoms with E-state index in [-0.39, 0.29) is 41.5 Å². The van der Waals surface area contributed by atoms with Crippen LogP contribution < -0.4 is 0 Å². The van der Waals surface area contributed by atoms with E-state index in [1.165, 1.54) is 17.9 Å². The maximum absolute atomic E-state index is 13.4. The first-order valence-corrected chi connectivity index (χ1v) is 10.5.